The van der Waals surface area contributed by atoms with Crippen LogP contribution in [0.4, 0.5) is 0 Å². The lowest BCUT2D eigenvalue weighted by Crippen LogP contribution is -2.05. The highest BCUT2D eigenvalue weighted by molar-refractivity contribution is 6.11. The molecule has 2 rings (SSSR count). The fourth-order valence-electron chi connectivity index (χ4n) is 1.06. The Morgan fingerprint density at radius 2 is 2.11 bits per heavy atom. The van der Waals surface area contributed by atoms with Gasteiger partial charge in [-0.05, 0) is 0 Å². The molecular weight excluding hydrogens is 142 g/mol. The van der Waals surface area contributed by atoms with E-state index in [1.54, 1.807) is 4.90 Å². The molecule has 1 unspecified atom stereocenters. The third kappa shape index (κ3) is 0.721. The van der Waals surface area contributed by atoms with Gasteiger partial charge in [0.15, 0.2) is 5.78 Å². The lowest BCUT2D eigenvalue weighted by atomic mass is 10.2. The molecule has 4 heteroatoms. The summed E-state index contributed by atoms with van der Waals surface area (Å²) in [6.07, 6.45) is 0.157. The Bertz CT molecular complexity index is 162. The zero-order valence-corrected chi connectivity index (χ0v) is 5.48. The van der Waals surface area contributed by atoms with Gasteiger partial charge in [-0.2, -0.15) is 0 Å². The van der Waals surface area contributed by atoms with E-state index in [1.165, 1.54) is 0 Å². The molecular formula is C5H6ClNO2. The van der Waals surface area contributed by atoms with Crippen molar-refractivity contribution in [1.82, 2.24) is 4.90 Å². The van der Waals surface area contributed by atoms with Crippen molar-refractivity contribution in [2.45, 2.75) is 12.5 Å². The molecule has 0 N–H and O–H groups in total. The molecule has 0 bridgehead atoms. The van der Waals surface area contributed by atoms with E-state index in [4.69, 9.17) is 0 Å². The monoisotopic (exact) mass is 147 g/mol. The van der Waals surface area contributed by atoms with Crippen molar-refractivity contribution >= 4 is 24.1 Å². The molecule has 0 aromatic rings. The number of hydrogen-bond acceptors (Lipinski definition) is 2. The summed E-state index contributed by atoms with van der Waals surface area (Å²) in [6.45, 7) is 0.692. The number of Topliss-reactive ketones (excluding diaryl/α,β-unsaturated/α-hetero) is 1. The van der Waals surface area contributed by atoms with Crippen LogP contribution in [0.5, 0.6) is 0 Å². The van der Waals surface area contributed by atoms with Crippen LogP contribution < -0.4 is 0 Å². The second-order valence-electron chi connectivity index (χ2n) is 2.20. The highest BCUT2D eigenvalue weighted by Gasteiger charge is 2.50. The largest absolute Gasteiger partial charge is 0.328 e. The number of carbonyl (C=O) groups is 2. The van der Waals surface area contributed by atoms with Crippen LogP contribution in [0.3, 0.4) is 0 Å². The fourth-order valence-corrected chi connectivity index (χ4v) is 1.06. The summed E-state index contributed by atoms with van der Waals surface area (Å²) in [4.78, 5) is 22.7. The van der Waals surface area contributed by atoms with Gasteiger partial charge in [-0.3, -0.25) is 9.59 Å². The van der Waals surface area contributed by atoms with Crippen LogP contribution in [-0.4, -0.2) is 29.2 Å². The second kappa shape index (κ2) is 1.70. The molecule has 1 amide bonds. The van der Waals surface area contributed by atoms with Gasteiger partial charge in [0.2, 0.25) is 5.91 Å². The molecule has 0 saturated carbocycles. The molecule has 1 atom stereocenters. The van der Waals surface area contributed by atoms with E-state index in [0.29, 0.717) is 6.54 Å². The molecule has 3 nitrogen and oxygen atoms in total. The minimum Gasteiger partial charge on any atom is -0.328 e. The average molecular weight is 148 g/mol. The molecule has 0 aromatic carbocycles. The van der Waals surface area contributed by atoms with E-state index in [1.807, 2.05) is 0 Å². The van der Waals surface area contributed by atoms with Crippen LogP contribution in [0, 0.1) is 0 Å². The van der Waals surface area contributed by atoms with E-state index >= 15 is 0 Å². The van der Waals surface area contributed by atoms with E-state index in [9.17, 15) is 9.59 Å². The molecule has 2 heterocycles. The zero-order chi connectivity index (χ0) is 5.72. The molecule has 50 valence electrons. The van der Waals surface area contributed by atoms with Crippen LogP contribution in [-0.2, 0) is 9.59 Å². The summed E-state index contributed by atoms with van der Waals surface area (Å²) in [5.74, 6) is 0.120. The van der Waals surface area contributed by atoms with E-state index in [-0.39, 0.29) is 36.6 Å². The standard InChI is InChI=1S/C5H5NO2.ClH/c7-4-1-5(8)6-2-3(4)6;/h3H,1-2H2;1H. The van der Waals surface area contributed by atoms with Crippen molar-refractivity contribution in [3.63, 3.8) is 0 Å². The van der Waals surface area contributed by atoms with Crippen molar-refractivity contribution < 1.29 is 9.59 Å². The van der Waals surface area contributed by atoms with E-state index in [2.05, 4.69) is 0 Å². The van der Waals surface area contributed by atoms with E-state index < -0.39 is 0 Å². The first-order chi connectivity index (χ1) is 3.79. The van der Waals surface area contributed by atoms with Crippen LogP contribution in [0.2, 0.25) is 0 Å². The molecule has 2 fully saturated rings. The summed E-state index contributed by atoms with van der Waals surface area (Å²) in [5, 5.41) is 0. The molecule has 2 aliphatic rings. The molecule has 2 aliphatic heterocycles. The topological polar surface area (TPSA) is 37.1 Å². The predicted molar refractivity (Wildman–Crippen MR) is 32.4 cm³/mol. The minimum atomic E-state index is 0. The van der Waals surface area contributed by atoms with Crippen LogP contribution in [0.25, 0.3) is 0 Å². The quantitative estimate of drug-likeness (QED) is 0.345. The highest BCUT2D eigenvalue weighted by atomic mass is 35.5. The third-order valence-electron chi connectivity index (χ3n) is 1.63. The number of amides is 1. The van der Waals surface area contributed by atoms with Crippen LogP contribution in [0.15, 0.2) is 0 Å². The average Bonchev–Trinajstić information content (AvgIpc) is 2.35. The number of ketones is 1. The number of hydrogen-bond donors (Lipinski definition) is 0. The number of nitrogens with zero attached hydrogens (tertiary/aromatic N) is 1. The van der Waals surface area contributed by atoms with Crippen molar-refractivity contribution in [2.24, 2.45) is 0 Å². The smallest absolute Gasteiger partial charge is 0.230 e. The number of fused-ring (bicyclic) bond motifs is 1. The highest BCUT2D eigenvalue weighted by Crippen LogP contribution is 2.27. The van der Waals surface area contributed by atoms with E-state index in [0.717, 1.165) is 0 Å². The van der Waals surface area contributed by atoms with Crippen molar-refractivity contribution in [3.05, 3.63) is 0 Å². The summed E-state index contributed by atoms with van der Waals surface area (Å²) in [5.41, 5.74) is 0. The summed E-state index contributed by atoms with van der Waals surface area (Å²) >= 11 is 0. The van der Waals surface area contributed by atoms with Gasteiger partial charge in [0.1, 0.15) is 6.04 Å². The predicted octanol–water partition coefficient (Wildman–Crippen LogP) is -0.408. The van der Waals surface area contributed by atoms with Gasteiger partial charge in [-0.25, -0.2) is 0 Å². The SMILES string of the molecule is Cl.O=C1CC(=O)N2CC12. The normalized spacial score (nSPS) is 29.8. The lowest BCUT2D eigenvalue weighted by molar-refractivity contribution is -0.126. The molecule has 0 radical (unpaired) electrons. The van der Waals surface area contributed by atoms with Gasteiger partial charge in [-0.15, -0.1) is 12.4 Å². The molecule has 0 aliphatic carbocycles. The van der Waals surface area contributed by atoms with Gasteiger partial charge in [0, 0.05) is 6.54 Å². The Morgan fingerprint density at radius 1 is 1.44 bits per heavy atom. The van der Waals surface area contributed by atoms with Gasteiger partial charge < -0.3 is 4.90 Å². The second-order valence-corrected chi connectivity index (χ2v) is 2.20. The van der Waals surface area contributed by atoms with Crippen LogP contribution in [0.1, 0.15) is 6.42 Å². The first-order valence-electron chi connectivity index (χ1n) is 2.61. The van der Waals surface area contributed by atoms with Crippen LogP contribution >= 0.6 is 12.4 Å². The number of piperidine rings is 1. The number of halogens is 1. The first kappa shape index (κ1) is 6.55. The summed E-state index contributed by atoms with van der Waals surface area (Å²) in [6, 6.07) is 0.00231. The summed E-state index contributed by atoms with van der Waals surface area (Å²) in [7, 11) is 0. The maximum atomic E-state index is 10.6. The Balaban J connectivity index is 0.000000405. The van der Waals surface area contributed by atoms with Gasteiger partial charge >= 0.3 is 0 Å². The molecule has 9 heavy (non-hydrogen) atoms. The Morgan fingerprint density at radius 3 is 2.22 bits per heavy atom. The maximum absolute atomic E-state index is 10.6. The van der Waals surface area contributed by atoms with Gasteiger partial charge in [0.25, 0.3) is 0 Å². The Labute approximate surface area is 58.4 Å². The summed E-state index contributed by atoms with van der Waals surface area (Å²) < 4.78 is 0. The Hall–Kier alpha value is -0.570. The first-order valence-corrected chi connectivity index (χ1v) is 2.61. The third-order valence-corrected chi connectivity index (χ3v) is 1.63. The number of carbonyl (C=O) groups excluding carboxylic acids is 2. The molecule has 2 saturated heterocycles. The minimum absolute atomic E-state index is 0. The maximum Gasteiger partial charge on any atom is 0.230 e. The molecule has 0 spiro atoms. The lowest BCUT2D eigenvalue weighted by Gasteiger charge is -1.85. The number of rotatable bonds is 0. The van der Waals surface area contributed by atoms with Crippen molar-refractivity contribution in [1.29, 1.82) is 0 Å². The zero-order valence-electron chi connectivity index (χ0n) is 4.66. The van der Waals surface area contributed by atoms with Gasteiger partial charge in [0.05, 0.1) is 6.42 Å². The fraction of sp³-hybridized carbons (Fsp3) is 0.600. The van der Waals surface area contributed by atoms with Crippen molar-refractivity contribution in [3.8, 4) is 0 Å². The molecule has 0 aromatic heterocycles. The van der Waals surface area contributed by atoms with Crippen molar-refractivity contribution in [2.75, 3.05) is 6.54 Å². The van der Waals surface area contributed by atoms with Gasteiger partial charge in [-0.1, -0.05) is 0 Å². The Kier molecular flexibility index (Phi) is 1.24.